The van der Waals surface area contributed by atoms with Crippen molar-refractivity contribution in [2.45, 2.75) is 0 Å². The Kier molecular flexibility index (Phi) is 15.0. The van der Waals surface area contributed by atoms with Gasteiger partial charge in [-0.3, -0.25) is 0 Å². The first kappa shape index (κ1) is 61.5. The Morgan fingerprint density at radius 3 is 1.18 bits per heavy atom. The largest absolute Gasteiger partial charge is 0.311 e. The molecular weight excluding hydrogens is 1290 g/mol. The van der Waals surface area contributed by atoms with E-state index in [1.165, 1.54) is 16.4 Å². The van der Waals surface area contributed by atoms with Gasteiger partial charge in [0.25, 0.3) is 6.71 Å². The third-order valence-electron chi connectivity index (χ3n) is 20.3. The van der Waals surface area contributed by atoms with Crippen LogP contribution in [0.5, 0.6) is 0 Å². The lowest BCUT2D eigenvalue weighted by atomic mass is 9.33. The summed E-state index contributed by atoms with van der Waals surface area (Å²) in [6, 6.07) is 128. The Morgan fingerprint density at radius 2 is 0.613 bits per heavy atom. The van der Waals surface area contributed by atoms with Gasteiger partial charge in [0, 0.05) is 94.8 Å². The molecule has 20 rings (SSSR count). The van der Waals surface area contributed by atoms with E-state index >= 15 is 0 Å². The maximum atomic E-state index is 5.83. The van der Waals surface area contributed by atoms with Gasteiger partial charge in [0.1, 0.15) is 0 Å². The number of rotatable bonds is 13. The summed E-state index contributed by atoms with van der Waals surface area (Å²) in [7, 11) is 0. The molecule has 0 N–H and O–H groups in total. The molecule has 11 nitrogen and oxygen atoms in total. The average molecular weight is 1350 g/mol. The number of fused-ring (bicyclic) bond motifs is 7. The van der Waals surface area contributed by atoms with Crippen molar-refractivity contribution in [3.8, 4) is 119 Å². The van der Waals surface area contributed by atoms with E-state index < -0.39 is 0 Å². The monoisotopic (exact) mass is 1350 g/mol. The minimum atomic E-state index is -0.0699. The Hall–Kier alpha value is -14.4. The molecule has 0 unspecified atom stereocenters. The van der Waals surface area contributed by atoms with Gasteiger partial charge in [-0.1, -0.05) is 267 Å². The molecule has 0 bridgehead atoms. The van der Waals surface area contributed by atoms with Crippen LogP contribution in [0.1, 0.15) is 0 Å². The molecule has 494 valence electrons. The molecule has 0 aliphatic carbocycles. The van der Waals surface area contributed by atoms with Crippen LogP contribution in [0.15, 0.2) is 364 Å². The Bertz CT molecular complexity index is 6280. The standard InChI is InChI=1S/C94H60BN11/c1-8-29-61(30-9-1)78-60-79(97-92(96-78)67-40-28-39-66(57-67)72-53-56-85-86-87(72)105(71-43-20-7-21-44-71)84-50-27-24-47-77(84)95(86)76-46-23-26-49-83(76)104(85)70-41-18-6-19-42-70)75-59-69(94-102-90(64-35-14-4-15-36-64)99-91(103-94)65-37-16-5-17-38-65)52-55-82(75)106-80-48-25-22-45-73(80)74-58-68(51-54-81(74)106)93-100-88(62-31-10-2-11-32-62)98-89(101-93)63-33-12-3-13-34-63/h1-60H. The molecule has 0 spiro atoms. The lowest BCUT2D eigenvalue weighted by molar-refractivity contribution is 1.07. The SMILES string of the molecule is c1ccc(-c2cc(-c3cc(-c4nc(-c5ccccc5)nc(-c5ccccc5)n4)ccc3-n3c4ccccc4c4cc(-c5nc(-c6ccccc6)nc(-c6ccccc6)n5)ccc43)nc(-c3cccc(-c4ccc5c6c4N(c4ccccc4)c4ccccc4B6c4ccccc4N5c4ccccc4)c3)n2)cc1. The number of hydrogen-bond acceptors (Lipinski definition) is 10. The van der Waals surface area contributed by atoms with Crippen molar-refractivity contribution in [3.05, 3.63) is 364 Å². The summed E-state index contributed by atoms with van der Waals surface area (Å²) >= 11 is 0. The maximum Gasteiger partial charge on any atom is 0.252 e. The smallest absolute Gasteiger partial charge is 0.252 e. The van der Waals surface area contributed by atoms with Gasteiger partial charge in [0.2, 0.25) is 0 Å². The highest BCUT2D eigenvalue weighted by Crippen LogP contribution is 2.49. The third kappa shape index (κ3) is 10.8. The summed E-state index contributed by atoms with van der Waals surface area (Å²) in [6.45, 7) is -0.0699. The quantitative estimate of drug-likeness (QED) is 0.103. The molecule has 0 atom stereocenters. The van der Waals surface area contributed by atoms with Crippen LogP contribution >= 0.6 is 0 Å². The van der Waals surface area contributed by atoms with Crippen molar-refractivity contribution in [1.29, 1.82) is 0 Å². The van der Waals surface area contributed by atoms with Gasteiger partial charge in [-0.15, -0.1) is 0 Å². The highest BCUT2D eigenvalue weighted by molar-refractivity contribution is 7.00. The molecule has 4 aromatic heterocycles. The summed E-state index contributed by atoms with van der Waals surface area (Å²) in [5.74, 6) is 3.95. The lowest BCUT2D eigenvalue weighted by Crippen LogP contribution is -2.61. The first-order valence-electron chi connectivity index (χ1n) is 35.6. The fourth-order valence-corrected chi connectivity index (χ4v) is 15.5. The van der Waals surface area contributed by atoms with E-state index in [0.717, 1.165) is 129 Å². The van der Waals surface area contributed by atoms with Gasteiger partial charge >= 0.3 is 0 Å². The topological polar surface area (TPSA) is 115 Å². The molecule has 106 heavy (non-hydrogen) atoms. The number of nitrogens with zero attached hydrogens (tertiary/aromatic N) is 11. The summed E-state index contributed by atoms with van der Waals surface area (Å²) in [5, 5.41) is 2.07. The molecule has 0 fully saturated rings. The molecule has 12 heteroatoms. The fraction of sp³-hybridized carbons (Fsp3) is 0. The third-order valence-corrected chi connectivity index (χ3v) is 20.3. The second-order valence-electron chi connectivity index (χ2n) is 26.6. The minimum Gasteiger partial charge on any atom is -0.311 e. The van der Waals surface area contributed by atoms with Crippen molar-refractivity contribution in [2.75, 3.05) is 9.80 Å². The first-order valence-corrected chi connectivity index (χ1v) is 35.6. The number of anilines is 6. The zero-order valence-corrected chi connectivity index (χ0v) is 57.1. The molecule has 0 saturated heterocycles. The van der Waals surface area contributed by atoms with Gasteiger partial charge in [-0.2, -0.15) is 0 Å². The van der Waals surface area contributed by atoms with E-state index in [1.807, 2.05) is 127 Å². The number of para-hydroxylation sites is 5. The summed E-state index contributed by atoms with van der Waals surface area (Å²) in [5.41, 5.74) is 24.6. The van der Waals surface area contributed by atoms with Gasteiger partial charge < -0.3 is 14.4 Å². The maximum absolute atomic E-state index is 5.83. The van der Waals surface area contributed by atoms with Crippen LogP contribution in [0.4, 0.5) is 34.1 Å². The highest BCUT2D eigenvalue weighted by Gasteiger charge is 2.44. The molecule has 14 aromatic carbocycles. The van der Waals surface area contributed by atoms with E-state index in [2.05, 4.69) is 251 Å². The molecule has 0 saturated carbocycles. The van der Waals surface area contributed by atoms with Crippen molar-refractivity contribution < 1.29 is 0 Å². The number of hydrogen-bond donors (Lipinski definition) is 0. The Balaban J connectivity index is 0.808. The van der Waals surface area contributed by atoms with Crippen LogP contribution in [-0.4, -0.2) is 51.2 Å². The van der Waals surface area contributed by atoms with E-state index in [9.17, 15) is 0 Å². The van der Waals surface area contributed by atoms with Gasteiger partial charge in [-0.05, 0) is 119 Å². The van der Waals surface area contributed by atoms with Gasteiger partial charge in [0.05, 0.1) is 33.8 Å². The van der Waals surface area contributed by atoms with Gasteiger partial charge in [0.15, 0.2) is 40.8 Å². The molecule has 0 radical (unpaired) electrons. The van der Waals surface area contributed by atoms with Crippen LogP contribution in [0.25, 0.3) is 141 Å². The molecular formula is C94H60BN11. The molecule has 2 aliphatic heterocycles. The zero-order chi connectivity index (χ0) is 70.0. The second kappa shape index (κ2) is 25.9. The van der Waals surface area contributed by atoms with Crippen LogP contribution in [0.3, 0.4) is 0 Å². The van der Waals surface area contributed by atoms with Crippen molar-refractivity contribution >= 4 is 79.0 Å². The Labute approximate surface area is 612 Å². The molecule has 18 aromatic rings. The molecule has 0 amide bonds. The Morgan fingerprint density at radius 1 is 0.217 bits per heavy atom. The lowest BCUT2D eigenvalue weighted by Gasteiger charge is -2.45. The average Bonchev–Trinajstić information content (AvgIpc) is 0.857. The van der Waals surface area contributed by atoms with Crippen molar-refractivity contribution in [1.82, 2.24) is 44.4 Å². The van der Waals surface area contributed by atoms with Gasteiger partial charge in [-0.25, -0.2) is 39.9 Å². The highest BCUT2D eigenvalue weighted by atomic mass is 15.2. The van der Waals surface area contributed by atoms with Crippen molar-refractivity contribution in [3.63, 3.8) is 0 Å². The predicted octanol–water partition coefficient (Wildman–Crippen LogP) is 20.7. The first-order chi connectivity index (χ1) is 52.6. The van der Waals surface area contributed by atoms with Crippen LogP contribution in [0, 0.1) is 0 Å². The van der Waals surface area contributed by atoms with Crippen LogP contribution in [0.2, 0.25) is 0 Å². The minimum absolute atomic E-state index is 0.0699. The van der Waals surface area contributed by atoms with Crippen LogP contribution in [-0.2, 0) is 0 Å². The second-order valence-corrected chi connectivity index (χ2v) is 26.6. The zero-order valence-electron chi connectivity index (χ0n) is 57.1. The summed E-state index contributed by atoms with van der Waals surface area (Å²) in [6.07, 6.45) is 0. The van der Waals surface area contributed by atoms with Crippen LogP contribution < -0.4 is 26.2 Å². The van der Waals surface area contributed by atoms with E-state index in [0.29, 0.717) is 46.5 Å². The normalized spacial score (nSPS) is 12.1. The van der Waals surface area contributed by atoms with E-state index in [-0.39, 0.29) is 6.71 Å². The molecule has 2 aliphatic rings. The number of aromatic nitrogens is 9. The molecule has 6 heterocycles. The predicted molar refractivity (Wildman–Crippen MR) is 432 cm³/mol. The fourth-order valence-electron chi connectivity index (χ4n) is 15.5. The van der Waals surface area contributed by atoms with E-state index in [4.69, 9.17) is 39.9 Å². The van der Waals surface area contributed by atoms with E-state index in [1.54, 1.807) is 0 Å². The summed E-state index contributed by atoms with van der Waals surface area (Å²) in [4.78, 5) is 47.5. The van der Waals surface area contributed by atoms with Crippen molar-refractivity contribution in [2.24, 2.45) is 0 Å². The number of benzene rings is 14. The summed E-state index contributed by atoms with van der Waals surface area (Å²) < 4.78 is 2.36.